The Morgan fingerprint density at radius 1 is 1.45 bits per heavy atom. The maximum Gasteiger partial charge on any atom is 0.347 e. The van der Waals surface area contributed by atoms with Gasteiger partial charge in [0.15, 0.2) is 6.10 Å². The van der Waals surface area contributed by atoms with Crippen molar-refractivity contribution in [3.63, 3.8) is 0 Å². The largest absolute Gasteiger partial charge is 0.463 e. The summed E-state index contributed by atoms with van der Waals surface area (Å²) in [5, 5.41) is 4.18. The molecule has 0 bridgehead atoms. The van der Waals surface area contributed by atoms with Crippen LogP contribution in [0.15, 0.2) is 30.6 Å². The van der Waals surface area contributed by atoms with E-state index < -0.39 is 12.1 Å². The average molecular weight is 275 g/mol. The third-order valence-electron chi connectivity index (χ3n) is 2.64. The molecule has 1 atom stereocenters. The number of esters is 1. The number of rotatable bonds is 5. The molecule has 1 heterocycles. The van der Waals surface area contributed by atoms with E-state index in [1.165, 1.54) is 0 Å². The molecule has 1 unspecified atom stereocenters. The summed E-state index contributed by atoms with van der Waals surface area (Å²) in [6, 6.07) is 7.98. The molecule has 0 N–H and O–H groups in total. The summed E-state index contributed by atoms with van der Waals surface area (Å²) in [4.78, 5) is 15.5. The Bertz CT molecular complexity index is 595. The highest BCUT2D eigenvalue weighted by Gasteiger charge is 2.17. The third-order valence-corrected chi connectivity index (χ3v) is 2.64. The van der Waals surface area contributed by atoms with Gasteiger partial charge >= 0.3 is 12.0 Å². The summed E-state index contributed by atoms with van der Waals surface area (Å²) in [5.41, 5.74) is 2.01. The van der Waals surface area contributed by atoms with E-state index in [0.717, 1.165) is 11.3 Å². The maximum atomic E-state index is 11.5. The summed E-state index contributed by atoms with van der Waals surface area (Å²) in [7, 11) is 0. The Labute approximate surface area is 117 Å². The smallest absolute Gasteiger partial charge is 0.347 e. The van der Waals surface area contributed by atoms with Crippen LogP contribution in [0.1, 0.15) is 19.4 Å². The number of hydrogen-bond donors (Lipinski definition) is 0. The molecule has 0 aliphatic carbocycles. The second-order valence-electron chi connectivity index (χ2n) is 4.32. The molecule has 0 aliphatic rings. The van der Waals surface area contributed by atoms with Gasteiger partial charge in [0, 0.05) is 0 Å². The third kappa shape index (κ3) is 3.34. The van der Waals surface area contributed by atoms with Crippen molar-refractivity contribution in [3.8, 4) is 11.7 Å². The SMILES string of the molecule is CCOC(=O)C(C)Oc1ncn(-c2cccc(C)c2)n1. The fraction of sp³-hybridized carbons (Fsp3) is 0.357. The highest BCUT2D eigenvalue weighted by molar-refractivity contribution is 5.74. The van der Waals surface area contributed by atoms with E-state index in [9.17, 15) is 4.79 Å². The van der Waals surface area contributed by atoms with Crippen molar-refractivity contribution in [3.05, 3.63) is 36.2 Å². The molecule has 2 rings (SSSR count). The van der Waals surface area contributed by atoms with Gasteiger partial charge in [-0.15, -0.1) is 5.10 Å². The van der Waals surface area contributed by atoms with Crippen LogP contribution in [-0.4, -0.2) is 33.4 Å². The van der Waals surface area contributed by atoms with Crippen molar-refractivity contribution in [2.24, 2.45) is 0 Å². The van der Waals surface area contributed by atoms with Crippen molar-refractivity contribution in [2.75, 3.05) is 6.61 Å². The van der Waals surface area contributed by atoms with Crippen LogP contribution in [0.2, 0.25) is 0 Å². The molecule has 2 aromatic rings. The van der Waals surface area contributed by atoms with Crippen LogP contribution >= 0.6 is 0 Å². The first-order chi connectivity index (χ1) is 9.60. The first kappa shape index (κ1) is 14.0. The molecule has 1 aromatic carbocycles. The van der Waals surface area contributed by atoms with E-state index in [2.05, 4.69) is 10.1 Å². The lowest BCUT2D eigenvalue weighted by atomic mass is 10.2. The van der Waals surface area contributed by atoms with E-state index in [0.29, 0.717) is 6.61 Å². The van der Waals surface area contributed by atoms with Crippen LogP contribution < -0.4 is 4.74 Å². The minimum absolute atomic E-state index is 0.145. The zero-order chi connectivity index (χ0) is 14.5. The van der Waals surface area contributed by atoms with Gasteiger partial charge in [-0.05, 0) is 38.5 Å². The van der Waals surface area contributed by atoms with E-state index in [1.807, 2.05) is 31.2 Å². The van der Waals surface area contributed by atoms with Crippen molar-refractivity contribution in [2.45, 2.75) is 26.9 Å². The number of aromatic nitrogens is 3. The normalized spacial score (nSPS) is 11.9. The Morgan fingerprint density at radius 3 is 2.95 bits per heavy atom. The summed E-state index contributed by atoms with van der Waals surface area (Å²) in [6.45, 7) is 5.67. The molecule has 0 radical (unpaired) electrons. The highest BCUT2D eigenvalue weighted by atomic mass is 16.6. The summed E-state index contributed by atoms with van der Waals surface area (Å²) >= 11 is 0. The van der Waals surface area contributed by atoms with Gasteiger partial charge in [-0.3, -0.25) is 0 Å². The molecule has 0 aliphatic heterocycles. The predicted molar refractivity (Wildman–Crippen MR) is 72.8 cm³/mol. The second-order valence-corrected chi connectivity index (χ2v) is 4.32. The van der Waals surface area contributed by atoms with E-state index >= 15 is 0 Å². The molecule has 6 nitrogen and oxygen atoms in total. The number of aryl methyl sites for hydroxylation is 1. The second kappa shape index (κ2) is 6.18. The van der Waals surface area contributed by atoms with Gasteiger partial charge in [-0.2, -0.15) is 4.98 Å². The molecule has 0 amide bonds. The maximum absolute atomic E-state index is 11.5. The Morgan fingerprint density at radius 2 is 2.25 bits per heavy atom. The van der Waals surface area contributed by atoms with Gasteiger partial charge < -0.3 is 9.47 Å². The van der Waals surface area contributed by atoms with E-state index in [-0.39, 0.29) is 6.01 Å². The first-order valence-electron chi connectivity index (χ1n) is 6.42. The lowest BCUT2D eigenvalue weighted by molar-refractivity contribution is -0.150. The van der Waals surface area contributed by atoms with Gasteiger partial charge in [-0.1, -0.05) is 12.1 Å². The highest BCUT2D eigenvalue weighted by Crippen LogP contribution is 2.11. The Balaban J connectivity index is 2.08. The van der Waals surface area contributed by atoms with Crippen molar-refractivity contribution >= 4 is 5.97 Å². The Hall–Kier alpha value is -2.37. The average Bonchev–Trinajstić information content (AvgIpc) is 2.87. The van der Waals surface area contributed by atoms with Crippen LogP contribution in [0.4, 0.5) is 0 Å². The molecule has 20 heavy (non-hydrogen) atoms. The minimum Gasteiger partial charge on any atom is -0.463 e. The van der Waals surface area contributed by atoms with Crippen molar-refractivity contribution in [1.29, 1.82) is 0 Å². The van der Waals surface area contributed by atoms with Crippen molar-refractivity contribution < 1.29 is 14.3 Å². The number of ether oxygens (including phenoxy) is 2. The number of benzene rings is 1. The van der Waals surface area contributed by atoms with Crippen LogP contribution in [0.5, 0.6) is 6.01 Å². The number of hydrogen-bond acceptors (Lipinski definition) is 5. The molecule has 0 saturated heterocycles. The van der Waals surface area contributed by atoms with Gasteiger partial charge in [0.1, 0.15) is 6.33 Å². The molecular formula is C14H17N3O3. The lowest BCUT2D eigenvalue weighted by Gasteiger charge is -2.09. The molecular weight excluding hydrogens is 258 g/mol. The lowest BCUT2D eigenvalue weighted by Crippen LogP contribution is -2.26. The quantitative estimate of drug-likeness (QED) is 0.780. The fourth-order valence-corrected chi connectivity index (χ4v) is 1.66. The molecule has 106 valence electrons. The van der Waals surface area contributed by atoms with Crippen LogP contribution in [0.3, 0.4) is 0 Å². The zero-order valence-electron chi connectivity index (χ0n) is 11.7. The fourth-order valence-electron chi connectivity index (χ4n) is 1.66. The summed E-state index contributed by atoms with van der Waals surface area (Å²) < 4.78 is 11.8. The van der Waals surface area contributed by atoms with Gasteiger partial charge in [0.05, 0.1) is 12.3 Å². The minimum atomic E-state index is -0.733. The summed E-state index contributed by atoms with van der Waals surface area (Å²) in [5.74, 6) is -0.431. The standard InChI is InChI=1S/C14H17N3O3/c1-4-19-13(18)11(3)20-14-15-9-17(16-14)12-7-5-6-10(2)8-12/h5-9,11H,4H2,1-3H3. The molecule has 0 saturated carbocycles. The number of carbonyl (C=O) groups excluding carboxylic acids is 1. The van der Waals surface area contributed by atoms with Crippen molar-refractivity contribution in [1.82, 2.24) is 14.8 Å². The van der Waals surface area contributed by atoms with Crippen LogP contribution in [0.25, 0.3) is 5.69 Å². The van der Waals surface area contributed by atoms with Gasteiger partial charge in [0.2, 0.25) is 0 Å². The molecule has 0 spiro atoms. The molecule has 0 fully saturated rings. The monoisotopic (exact) mass is 275 g/mol. The van der Waals surface area contributed by atoms with Crippen LogP contribution in [-0.2, 0) is 9.53 Å². The van der Waals surface area contributed by atoms with E-state index in [4.69, 9.17) is 9.47 Å². The predicted octanol–water partition coefficient (Wildman–Crippen LogP) is 1.91. The first-order valence-corrected chi connectivity index (χ1v) is 6.42. The molecule has 1 aromatic heterocycles. The molecule has 6 heteroatoms. The Kier molecular flexibility index (Phi) is 4.34. The van der Waals surface area contributed by atoms with E-state index in [1.54, 1.807) is 24.9 Å². The topological polar surface area (TPSA) is 66.2 Å². The van der Waals surface area contributed by atoms with Crippen LogP contribution in [0, 0.1) is 6.92 Å². The van der Waals surface area contributed by atoms with Gasteiger partial charge in [-0.25, -0.2) is 9.48 Å². The number of carbonyl (C=O) groups is 1. The summed E-state index contributed by atoms with van der Waals surface area (Å²) in [6.07, 6.45) is 0.811. The zero-order valence-corrected chi connectivity index (χ0v) is 11.7. The number of nitrogens with zero attached hydrogens (tertiary/aromatic N) is 3. The van der Waals surface area contributed by atoms with Gasteiger partial charge in [0.25, 0.3) is 0 Å².